The zero-order valence-electron chi connectivity index (χ0n) is 11.5. The average molecular weight is 254 g/mol. The number of carbonyl (C=O) groups excluding carboxylic acids is 1. The molecule has 0 heterocycles. The Morgan fingerprint density at radius 2 is 1.89 bits per heavy atom. The lowest BCUT2D eigenvalue weighted by molar-refractivity contribution is -0.122. The Bertz CT molecular complexity index is 282. The topological polar surface area (TPSA) is 64.3 Å². The molecule has 3 unspecified atom stereocenters. The van der Waals surface area contributed by atoms with E-state index < -0.39 is 0 Å². The van der Waals surface area contributed by atoms with Crippen molar-refractivity contribution in [2.45, 2.75) is 64.1 Å². The van der Waals surface area contributed by atoms with Crippen molar-refractivity contribution in [2.75, 3.05) is 6.61 Å². The first-order valence-corrected chi connectivity index (χ1v) is 7.21. The smallest absolute Gasteiger partial charge is 0.236 e. The monoisotopic (exact) mass is 254 g/mol. The molecule has 4 nitrogen and oxygen atoms in total. The first kappa shape index (κ1) is 13.8. The molecule has 2 fully saturated rings. The Kier molecular flexibility index (Phi) is 4.62. The number of amides is 1. The van der Waals surface area contributed by atoms with Gasteiger partial charge in [-0.05, 0) is 43.9 Å². The number of hydrogen-bond acceptors (Lipinski definition) is 3. The van der Waals surface area contributed by atoms with E-state index >= 15 is 0 Å². The first-order chi connectivity index (χ1) is 8.54. The fourth-order valence-electron chi connectivity index (χ4n) is 2.99. The molecule has 3 N–H and O–H groups in total. The van der Waals surface area contributed by atoms with Crippen molar-refractivity contribution >= 4 is 5.91 Å². The molecule has 2 saturated carbocycles. The maximum Gasteiger partial charge on any atom is 0.236 e. The van der Waals surface area contributed by atoms with Gasteiger partial charge < -0.3 is 15.8 Å². The normalized spacial score (nSPS) is 34.2. The summed E-state index contributed by atoms with van der Waals surface area (Å²) >= 11 is 0. The summed E-state index contributed by atoms with van der Waals surface area (Å²) in [6, 6.07) is 0.167. The molecule has 2 aliphatic carbocycles. The lowest BCUT2D eigenvalue weighted by Crippen LogP contribution is -2.46. The minimum absolute atomic E-state index is 0.293. The van der Waals surface area contributed by atoms with Gasteiger partial charge in [-0.3, -0.25) is 4.79 Å². The molecule has 0 spiro atoms. The van der Waals surface area contributed by atoms with Gasteiger partial charge in [0.1, 0.15) is 6.04 Å². The van der Waals surface area contributed by atoms with Crippen LogP contribution in [-0.2, 0) is 9.53 Å². The minimum Gasteiger partial charge on any atom is -0.376 e. The van der Waals surface area contributed by atoms with Crippen LogP contribution in [0.2, 0.25) is 0 Å². The van der Waals surface area contributed by atoms with Crippen molar-refractivity contribution in [3.8, 4) is 0 Å². The van der Waals surface area contributed by atoms with Crippen LogP contribution >= 0.6 is 0 Å². The summed E-state index contributed by atoms with van der Waals surface area (Å²) in [5, 5.41) is 3.25. The third-order valence-electron chi connectivity index (χ3n) is 3.99. The van der Waals surface area contributed by atoms with Gasteiger partial charge in [0.05, 0.1) is 12.7 Å². The molecule has 0 aromatic heterocycles. The minimum atomic E-state index is -0.315. The highest BCUT2D eigenvalue weighted by Gasteiger charge is 2.29. The van der Waals surface area contributed by atoms with Gasteiger partial charge in [-0.25, -0.2) is 0 Å². The number of ether oxygens (including phenoxy) is 1. The zero-order chi connectivity index (χ0) is 13.1. The molecule has 104 valence electrons. The van der Waals surface area contributed by atoms with Crippen molar-refractivity contribution in [3.63, 3.8) is 0 Å². The van der Waals surface area contributed by atoms with Crippen LogP contribution in [0.1, 0.15) is 46.0 Å². The number of carbonyl (C=O) groups is 1. The summed E-state index contributed by atoms with van der Waals surface area (Å²) in [5.41, 5.74) is 5.40. The molecule has 4 heteroatoms. The van der Waals surface area contributed by atoms with Crippen molar-refractivity contribution in [1.29, 1.82) is 0 Å². The lowest BCUT2D eigenvalue weighted by Gasteiger charge is -2.32. The van der Waals surface area contributed by atoms with E-state index in [9.17, 15) is 4.79 Å². The molecule has 0 aromatic carbocycles. The molecular weight excluding hydrogens is 228 g/mol. The number of primary amides is 1. The summed E-state index contributed by atoms with van der Waals surface area (Å²) in [7, 11) is 0. The van der Waals surface area contributed by atoms with Crippen LogP contribution in [0, 0.1) is 11.8 Å². The predicted molar refractivity (Wildman–Crippen MR) is 71.1 cm³/mol. The Morgan fingerprint density at radius 1 is 1.28 bits per heavy atom. The SMILES string of the molecule is CC1CC(C)CC(OCC(NC2CC2)C(N)=O)C1. The first-order valence-electron chi connectivity index (χ1n) is 7.21. The third kappa shape index (κ3) is 4.25. The largest absolute Gasteiger partial charge is 0.376 e. The van der Waals surface area contributed by atoms with E-state index in [1.165, 1.54) is 6.42 Å². The van der Waals surface area contributed by atoms with E-state index in [0.717, 1.165) is 37.5 Å². The summed E-state index contributed by atoms with van der Waals surface area (Å²) in [5.74, 6) is 1.16. The second kappa shape index (κ2) is 6.02. The standard InChI is InChI=1S/C14H26N2O2/c1-9-5-10(2)7-12(6-9)18-8-13(14(15)17)16-11-3-4-11/h9-13,16H,3-8H2,1-2H3,(H2,15,17). The van der Waals surface area contributed by atoms with Crippen molar-refractivity contribution in [3.05, 3.63) is 0 Å². The molecule has 0 aromatic rings. The van der Waals surface area contributed by atoms with Crippen molar-refractivity contribution in [1.82, 2.24) is 5.32 Å². The van der Waals surface area contributed by atoms with Crippen LogP contribution in [-0.4, -0.2) is 30.7 Å². The van der Waals surface area contributed by atoms with E-state index in [1.807, 2.05) is 0 Å². The highest BCUT2D eigenvalue weighted by Crippen LogP contribution is 2.30. The van der Waals surface area contributed by atoms with Gasteiger partial charge in [0.15, 0.2) is 0 Å². The maximum atomic E-state index is 11.3. The van der Waals surface area contributed by atoms with Crippen LogP contribution in [0.25, 0.3) is 0 Å². The molecule has 2 rings (SSSR count). The number of nitrogens with two attached hydrogens (primary N) is 1. The molecule has 0 bridgehead atoms. The van der Waals surface area contributed by atoms with Crippen LogP contribution < -0.4 is 11.1 Å². The predicted octanol–water partition coefficient (Wildman–Crippen LogP) is 1.43. The molecule has 0 aliphatic heterocycles. The van der Waals surface area contributed by atoms with Gasteiger partial charge >= 0.3 is 0 Å². The number of nitrogens with one attached hydrogen (secondary N) is 1. The van der Waals surface area contributed by atoms with E-state index in [4.69, 9.17) is 10.5 Å². The fourth-order valence-corrected chi connectivity index (χ4v) is 2.99. The second-order valence-electron chi connectivity index (χ2n) is 6.27. The van der Waals surface area contributed by atoms with Gasteiger partial charge in [-0.1, -0.05) is 13.8 Å². The quantitative estimate of drug-likeness (QED) is 0.753. The highest BCUT2D eigenvalue weighted by molar-refractivity contribution is 5.80. The Labute approximate surface area is 110 Å². The van der Waals surface area contributed by atoms with Gasteiger partial charge in [-0.15, -0.1) is 0 Å². The Balaban J connectivity index is 1.75. The van der Waals surface area contributed by atoms with Crippen LogP contribution in [0.5, 0.6) is 0 Å². The molecule has 18 heavy (non-hydrogen) atoms. The zero-order valence-corrected chi connectivity index (χ0v) is 11.5. The summed E-state index contributed by atoms with van der Waals surface area (Å²) in [6.45, 7) is 4.98. The summed E-state index contributed by atoms with van der Waals surface area (Å²) < 4.78 is 5.91. The van der Waals surface area contributed by atoms with Gasteiger partial charge in [0, 0.05) is 6.04 Å². The number of rotatable bonds is 6. The highest BCUT2D eigenvalue weighted by atomic mass is 16.5. The van der Waals surface area contributed by atoms with Crippen molar-refractivity contribution in [2.24, 2.45) is 17.6 Å². The van der Waals surface area contributed by atoms with Crippen LogP contribution in [0.4, 0.5) is 0 Å². The van der Waals surface area contributed by atoms with Gasteiger partial charge in [0.2, 0.25) is 5.91 Å². The molecule has 1 amide bonds. The fraction of sp³-hybridized carbons (Fsp3) is 0.929. The van der Waals surface area contributed by atoms with Gasteiger partial charge in [-0.2, -0.15) is 0 Å². The second-order valence-corrected chi connectivity index (χ2v) is 6.27. The van der Waals surface area contributed by atoms with E-state index in [1.54, 1.807) is 0 Å². The maximum absolute atomic E-state index is 11.3. The Morgan fingerprint density at radius 3 is 2.39 bits per heavy atom. The molecule has 0 radical (unpaired) electrons. The number of hydrogen-bond donors (Lipinski definition) is 2. The van der Waals surface area contributed by atoms with Crippen molar-refractivity contribution < 1.29 is 9.53 Å². The van der Waals surface area contributed by atoms with E-state index in [0.29, 0.717) is 18.8 Å². The molecule has 0 saturated heterocycles. The van der Waals surface area contributed by atoms with Crippen LogP contribution in [0.15, 0.2) is 0 Å². The van der Waals surface area contributed by atoms with E-state index in [-0.39, 0.29) is 11.9 Å². The lowest BCUT2D eigenvalue weighted by atomic mass is 9.82. The Hall–Kier alpha value is -0.610. The van der Waals surface area contributed by atoms with E-state index in [2.05, 4.69) is 19.2 Å². The summed E-state index contributed by atoms with van der Waals surface area (Å²) in [6.07, 6.45) is 6.12. The third-order valence-corrected chi connectivity index (χ3v) is 3.99. The summed E-state index contributed by atoms with van der Waals surface area (Å²) in [4.78, 5) is 11.3. The molecular formula is C14H26N2O2. The van der Waals surface area contributed by atoms with Crippen LogP contribution in [0.3, 0.4) is 0 Å². The van der Waals surface area contributed by atoms with Gasteiger partial charge in [0.25, 0.3) is 0 Å². The molecule has 3 atom stereocenters. The average Bonchev–Trinajstić information content (AvgIpc) is 3.06. The molecule has 2 aliphatic rings.